The fourth-order valence-corrected chi connectivity index (χ4v) is 5.66. The van der Waals surface area contributed by atoms with Crippen LogP contribution in [-0.4, -0.2) is 35.6 Å². The summed E-state index contributed by atoms with van der Waals surface area (Å²) in [5.41, 5.74) is 6.03. The van der Waals surface area contributed by atoms with E-state index in [1.165, 1.54) is 48.9 Å². The number of nitrogens with one attached hydrogen (secondary N) is 1. The molecule has 0 radical (unpaired) electrons. The van der Waals surface area contributed by atoms with Gasteiger partial charge in [-0.15, -0.1) is 0 Å². The fraction of sp³-hybridized carbons (Fsp3) is 0.565. The van der Waals surface area contributed by atoms with Crippen molar-refractivity contribution in [3.8, 4) is 5.75 Å². The number of ether oxygens (including phenoxy) is 1. The van der Waals surface area contributed by atoms with Crippen LogP contribution in [-0.2, 0) is 6.42 Å². The number of unbranched alkanes of at least 4 members (excludes halogenated alkanes) is 1. The van der Waals surface area contributed by atoms with E-state index in [9.17, 15) is 0 Å². The first-order valence-electron chi connectivity index (χ1n) is 10.4. The number of rotatable bonds is 4. The molecule has 0 spiro atoms. The third-order valence-corrected chi connectivity index (χ3v) is 6.83. The minimum absolute atomic E-state index is 0.625. The molecule has 1 aromatic heterocycles. The van der Waals surface area contributed by atoms with Gasteiger partial charge in [-0.05, 0) is 62.3 Å². The molecule has 2 aromatic rings. The first-order chi connectivity index (χ1) is 12.8. The summed E-state index contributed by atoms with van der Waals surface area (Å²) in [6.07, 6.45) is 8.51. The molecule has 6 rings (SSSR count). The molecule has 3 fully saturated rings. The van der Waals surface area contributed by atoms with Crippen molar-refractivity contribution in [3.63, 3.8) is 0 Å². The van der Waals surface area contributed by atoms with E-state index in [1.807, 2.05) is 0 Å². The molecule has 1 aromatic carbocycles. The van der Waals surface area contributed by atoms with Crippen molar-refractivity contribution in [2.75, 3.05) is 19.7 Å². The molecule has 4 atom stereocenters. The zero-order valence-corrected chi connectivity index (χ0v) is 16.1. The van der Waals surface area contributed by atoms with Crippen LogP contribution in [0.2, 0.25) is 0 Å². The average Bonchev–Trinajstić information content (AvgIpc) is 2.99. The van der Waals surface area contributed by atoms with Crippen LogP contribution >= 0.6 is 0 Å². The first kappa shape index (κ1) is 16.4. The van der Waals surface area contributed by atoms with E-state index in [4.69, 9.17) is 4.74 Å². The second kappa shape index (κ2) is 6.45. The molecule has 4 aliphatic rings. The Kier molecular flexibility index (Phi) is 4.08. The Bertz CT molecular complexity index is 849. The predicted molar refractivity (Wildman–Crippen MR) is 107 cm³/mol. The maximum Gasteiger partial charge on any atom is 0.120 e. The number of nitrogens with zero attached hydrogens (tertiary/aromatic N) is 1. The fourth-order valence-electron chi connectivity index (χ4n) is 5.66. The molecule has 1 aliphatic carbocycles. The molecule has 3 aliphatic heterocycles. The van der Waals surface area contributed by atoms with Crippen LogP contribution in [0.25, 0.3) is 10.9 Å². The third kappa shape index (κ3) is 2.51. The number of aromatic nitrogens is 1. The van der Waals surface area contributed by atoms with E-state index < -0.39 is 0 Å². The normalized spacial score (nSPS) is 31.2. The van der Waals surface area contributed by atoms with Gasteiger partial charge in [-0.1, -0.05) is 25.0 Å². The minimum Gasteiger partial charge on any atom is -0.494 e. The first-order valence-corrected chi connectivity index (χ1v) is 10.4. The van der Waals surface area contributed by atoms with Gasteiger partial charge in [-0.3, -0.25) is 4.90 Å². The highest BCUT2D eigenvalue weighted by atomic mass is 16.5. The van der Waals surface area contributed by atoms with Gasteiger partial charge in [0.2, 0.25) is 0 Å². The standard InChI is InChI=1S/C23H30N2O/c1-3-5-10-26-17-6-7-21-19(13-17)18-8-9-25-14-15-11-16(4-2)23(25)20(12-15)22(18)24-21/h4,6-7,13,15,20,23-24H,3,5,8-12,14H2,1-2H3/b16-4+. The number of H-pyrrole nitrogens is 1. The van der Waals surface area contributed by atoms with E-state index in [-0.39, 0.29) is 0 Å². The summed E-state index contributed by atoms with van der Waals surface area (Å²) < 4.78 is 5.98. The lowest BCUT2D eigenvalue weighted by Crippen LogP contribution is -2.52. The summed E-state index contributed by atoms with van der Waals surface area (Å²) in [5, 5.41) is 1.39. The highest BCUT2D eigenvalue weighted by Gasteiger charge is 2.46. The van der Waals surface area contributed by atoms with E-state index >= 15 is 0 Å². The molecule has 26 heavy (non-hydrogen) atoms. The number of piperidine rings is 2. The Morgan fingerprint density at radius 3 is 3.12 bits per heavy atom. The van der Waals surface area contributed by atoms with E-state index in [2.05, 4.69) is 48.0 Å². The lowest BCUT2D eigenvalue weighted by molar-refractivity contribution is 0.0758. The number of hydrogen-bond acceptors (Lipinski definition) is 2. The largest absolute Gasteiger partial charge is 0.494 e. The lowest BCUT2D eigenvalue weighted by atomic mass is 9.69. The van der Waals surface area contributed by atoms with E-state index in [0.717, 1.165) is 31.1 Å². The topological polar surface area (TPSA) is 28.3 Å². The van der Waals surface area contributed by atoms with Gasteiger partial charge in [-0.2, -0.15) is 0 Å². The average molecular weight is 351 g/mol. The number of fused-ring (bicyclic) bond motifs is 4. The van der Waals surface area contributed by atoms with Gasteiger partial charge < -0.3 is 9.72 Å². The van der Waals surface area contributed by atoms with Crippen molar-refractivity contribution in [1.29, 1.82) is 0 Å². The van der Waals surface area contributed by atoms with E-state index in [1.54, 1.807) is 11.1 Å². The van der Waals surface area contributed by atoms with Gasteiger partial charge in [0.1, 0.15) is 5.75 Å². The molecule has 1 N–H and O–H groups in total. The smallest absolute Gasteiger partial charge is 0.120 e. The molecule has 1 saturated carbocycles. The summed E-state index contributed by atoms with van der Waals surface area (Å²) in [4.78, 5) is 6.59. The highest BCUT2D eigenvalue weighted by Crippen LogP contribution is 2.50. The summed E-state index contributed by atoms with van der Waals surface area (Å²) >= 11 is 0. The molecule has 3 heteroatoms. The van der Waals surface area contributed by atoms with Crippen LogP contribution in [0.15, 0.2) is 29.8 Å². The molecule has 4 heterocycles. The number of hydrogen-bond donors (Lipinski definition) is 1. The SMILES string of the molecule is C/C=C1\CC2CC3c4[nH]c5ccc(OCCCC)cc5c4CCN(C2)C13. The van der Waals surface area contributed by atoms with Crippen LogP contribution in [0.3, 0.4) is 0 Å². The minimum atomic E-state index is 0.625. The number of allylic oxidation sites excluding steroid dienone is 1. The van der Waals surface area contributed by atoms with Crippen molar-refractivity contribution >= 4 is 10.9 Å². The Morgan fingerprint density at radius 1 is 1.35 bits per heavy atom. The zero-order chi connectivity index (χ0) is 17.7. The van der Waals surface area contributed by atoms with Crippen molar-refractivity contribution in [2.45, 2.75) is 57.9 Å². The second-order valence-corrected chi connectivity index (χ2v) is 8.39. The summed E-state index contributed by atoms with van der Waals surface area (Å²) in [6.45, 7) is 7.75. The predicted octanol–water partition coefficient (Wildman–Crippen LogP) is 5.03. The van der Waals surface area contributed by atoms with Gasteiger partial charge >= 0.3 is 0 Å². The molecule has 0 amide bonds. The Morgan fingerprint density at radius 2 is 2.27 bits per heavy atom. The number of aromatic amines is 1. The molecule has 4 unspecified atom stereocenters. The van der Waals surface area contributed by atoms with Gasteiger partial charge in [-0.25, -0.2) is 0 Å². The Hall–Kier alpha value is -1.74. The summed E-state index contributed by atoms with van der Waals surface area (Å²) in [6, 6.07) is 7.25. The molecule has 138 valence electrons. The number of benzene rings is 1. The molecular weight excluding hydrogens is 320 g/mol. The molecular formula is C23H30N2O. The van der Waals surface area contributed by atoms with Crippen molar-refractivity contribution in [2.24, 2.45) is 5.92 Å². The quantitative estimate of drug-likeness (QED) is 0.619. The maximum absolute atomic E-state index is 5.98. The summed E-state index contributed by atoms with van der Waals surface area (Å²) in [5.74, 6) is 2.50. The van der Waals surface area contributed by atoms with Crippen LogP contribution in [0, 0.1) is 5.92 Å². The summed E-state index contributed by atoms with van der Waals surface area (Å²) in [7, 11) is 0. The zero-order valence-electron chi connectivity index (χ0n) is 16.1. The van der Waals surface area contributed by atoms with Crippen LogP contribution < -0.4 is 4.74 Å². The van der Waals surface area contributed by atoms with Crippen molar-refractivity contribution in [1.82, 2.24) is 9.88 Å². The third-order valence-electron chi connectivity index (χ3n) is 6.83. The van der Waals surface area contributed by atoms with E-state index in [0.29, 0.717) is 12.0 Å². The van der Waals surface area contributed by atoms with Crippen molar-refractivity contribution < 1.29 is 4.74 Å². The van der Waals surface area contributed by atoms with Gasteiger partial charge in [0.25, 0.3) is 0 Å². The van der Waals surface area contributed by atoms with Crippen molar-refractivity contribution in [3.05, 3.63) is 41.1 Å². The lowest BCUT2D eigenvalue weighted by Gasteiger charge is -2.50. The van der Waals surface area contributed by atoms with Crippen LogP contribution in [0.4, 0.5) is 0 Å². The van der Waals surface area contributed by atoms with Crippen LogP contribution in [0.5, 0.6) is 5.75 Å². The van der Waals surface area contributed by atoms with Gasteiger partial charge in [0.15, 0.2) is 0 Å². The molecule has 4 bridgehead atoms. The van der Waals surface area contributed by atoms with Gasteiger partial charge in [0.05, 0.1) is 6.61 Å². The van der Waals surface area contributed by atoms with Gasteiger partial charge in [0, 0.05) is 41.6 Å². The second-order valence-electron chi connectivity index (χ2n) is 8.39. The Labute approximate surface area is 156 Å². The molecule has 2 saturated heterocycles. The Balaban J connectivity index is 1.55. The highest BCUT2D eigenvalue weighted by molar-refractivity contribution is 5.86. The molecule has 3 nitrogen and oxygen atoms in total. The maximum atomic E-state index is 5.98. The monoisotopic (exact) mass is 350 g/mol. The van der Waals surface area contributed by atoms with Crippen LogP contribution in [0.1, 0.15) is 56.7 Å².